The number of carbonyl (C=O) groups excluding carboxylic acids is 2. The van der Waals surface area contributed by atoms with Gasteiger partial charge in [-0.05, 0) is 6.42 Å². The minimum Gasteiger partial charge on any atom is -0.380 e. The molecule has 6 nitrogen and oxygen atoms in total. The van der Waals surface area contributed by atoms with Crippen LogP contribution in [0.25, 0.3) is 0 Å². The van der Waals surface area contributed by atoms with Crippen LogP contribution in [0.1, 0.15) is 19.8 Å². The second kappa shape index (κ2) is 11.3. The first-order valence-corrected chi connectivity index (χ1v) is 5.80. The largest absolute Gasteiger partial charge is 0.380 e. The SMILES string of the molecule is CCCN(CC(=O)NC)C(=O)CC(CN)OC.Cl. The third-order valence-corrected chi connectivity index (χ3v) is 2.46. The average molecular weight is 282 g/mol. The highest BCUT2D eigenvalue weighted by molar-refractivity contribution is 5.85. The fourth-order valence-electron chi connectivity index (χ4n) is 1.40. The molecule has 18 heavy (non-hydrogen) atoms. The first-order valence-electron chi connectivity index (χ1n) is 5.80. The average Bonchev–Trinajstić information content (AvgIpc) is 2.34. The third kappa shape index (κ3) is 7.47. The van der Waals surface area contributed by atoms with Gasteiger partial charge in [0, 0.05) is 27.2 Å². The number of likely N-dealkylation sites (N-methyl/N-ethyl adjacent to an activating group) is 1. The molecule has 0 fully saturated rings. The van der Waals surface area contributed by atoms with Crippen molar-refractivity contribution >= 4 is 24.2 Å². The van der Waals surface area contributed by atoms with Gasteiger partial charge in [-0.1, -0.05) is 6.92 Å². The van der Waals surface area contributed by atoms with E-state index < -0.39 is 0 Å². The van der Waals surface area contributed by atoms with Crippen molar-refractivity contribution in [2.45, 2.75) is 25.9 Å². The summed E-state index contributed by atoms with van der Waals surface area (Å²) < 4.78 is 5.06. The molecule has 0 aliphatic heterocycles. The van der Waals surface area contributed by atoms with Crippen molar-refractivity contribution < 1.29 is 14.3 Å². The van der Waals surface area contributed by atoms with Crippen molar-refractivity contribution in [3.05, 3.63) is 0 Å². The van der Waals surface area contributed by atoms with Crippen LogP contribution in [-0.4, -0.2) is 56.6 Å². The zero-order chi connectivity index (χ0) is 13.3. The molecular formula is C11H24ClN3O3. The van der Waals surface area contributed by atoms with Gasteiger partial charge in [0.05, 0.1) is 19.1 Å². The van der Waals surface area contributed by atoms with Crippen LogP contribution in [0.4, 0.5) is 0 Å². The van der Waals surface area contributed by atoms with Gasteiger partial charge in [-0.25, -0.2) is 0 Å². The maximum Gasteiger partial charge on any atom is 0.239 e. The molecule has 0 spiro atoms. The van der Waals surface area contributed by atoms with Crippen LogP contribution < -0.4 is 11.1 Å². The van der Waals surface area contributed by atoms with E-state index in [1.165, 1.54) is 12.0 Å². The van der Waals surface area contributed by atoms with Crippen LogP contribution in [0.15, 0.2) is 0 Å². The van der Waals surface area contributed by atoms with E-state index in [1.54, 1.807) is 7.05 Å². The van der Waals surface area contributed by atoms with Crippen molar-refractivity contribution in [1.29, 1.82) is 0 Å². The Morgan fingerprint density at radius 2 is 2.06 bits per heavy atom. The molecule has 1 unspecified atom stereocenters. The molecule has 0 aliphatic rings. The molecule has 0 saturated heterocycles. The van der Waals surface area contributed by atoms with Gasteiger partial charge < -0.3 is 20.7 Å². The van der Waals surface area contributed by atoms with Crippen LogP contribution in [0, 0.1) is 0 Å². The van der Waals surface area contributed by atoms with Crippen molar-refractivity contribution in [2.24, 2.45) is 5.73 Å². The molecule has 1 atom stereocenters. The van der Waals surface area contributed by atoms with E-state index in [0.717, 1.165) is 6.42 Å². The molecule has 0 heterocycles. The van der Waals surface area contributed by atoms with Gasteiger partial charge in [-0.2, -0.15) is 0 Å². The Morgan fingerprint density at radius 3 is 2.44 bits per heavy atom. The highest BCUT2D eigenvalue weighted by Crippen LogP contribution is 2.02. The van der Waals surface area contributed by atoms with Gasteiger partial charge in [0.15, 0.2) is 0 Å². The Hall–Kier alpha value is -0.850. The second-order valence-corrected chi connectivity index (χ2v) is 3.79. The minimum absolute atomic E-state index is 0. The van der Waals surface area contributed by atoms with Crippen LogP contribution in [-0.2, 0) is 14.3 Å². The topological polar surface area (TPSA) is 84.7 Å². The van der Waals surface area contributed by atoms with Crippen LogP contribution in [0.3, 0.4) is 0 Å². The summed E-state index contributed by atoms with van der Waals surface area (Å²) in [6.45, 7) is 2.90. The summed E-state index contributed by atoms with van der Waals surface area (Å²) in [5.74, 6) is -0.277. The summed E-state index contributed by atoms with van der Waals surface area (Å²) in [5.41, 5.74) is 5.46. The lowest BCUT2D eigenvalue weighted by Gasteiger charge is -2.23. The number of ether oxygens (including phenoxy) is 1. The normalized spacial score (nSPS) is 11.3. The molecule has 0 aromatic carbocycles. The van der Waals surface area contributed by atoms with Gasteiger partial charge in [-0.15, -0.1) is 12.4 Å². The Balaban J connectivity index is 0. The number of hydrogen-bond donors (Lipinski definition) is 2. The predicted molar refractivity (Wildman–Crippen MR) is 72.7 cm³/mol. The standard InChI is InChI=1S/C11H23N3O3.ClH/c1-4-5-14(8-10(15)13-2)11(16)6-9(7-12)17-3;/h9H,4-8,12H2,1-3H3,(H,13,15);1H. The second-order valence-electron chi connectivity index (χ2n) is 3.79. The van der Waals surface area contributed by atoms with Gasteiger partial charge in [0.1, 0.15) is 0 Å². The summed E-state index contributed by atoms with van der Waals surface area (Å²) in [6.07, 6.45) is 0.735. The summed E-state index contributed by atoms with van der Waals surface area (Å²) in [6, 6.07) is 0. The summed E-state index contributed by atoms with van der Waals surface area (Å²) in [5, 5.41) is 2.50. The number of carbonyl (C=O) groups is 2. The molecule has 2 amide bonds. The monoisotopic (exact) mass is 281 g/mol. The van der Waals surface area contributed by atoms with Gasteiger partial charge in [-0.3, -0.25) is 9.59 Å². The number of nitrogens with two attached hydrogens (primary N) is 1. The van der Waals surface area contributed by atoms with Gasteiger partial charge >= 0.3 is 0 Å². The molecule has 0 saturated carbocycles. The molecular weight excluding hydrogens is 258 g/mol. The molecule has 0 radical (unpaired) electrons. The van der Waals surface area contributed by atoms with E-state index in [4.69, 9.17) is 10.5 Å². The molecule has 108 valence electrons. The number of amides is 2. The minimum atomic E-state index is -0.286. The smallest absolute Gasteiger partial charge is 0.239 e. The molecule has 3 N–H and O–H groups in total. The summed E-state index contributed by atoms with van der Waals surface area (Å²) in [4.78, 5) is 24.7. The highest BCUT2D eigenvalue weighted by atomic mass is 35.5. The Bertz CT molecular complexity index is 248. The maximum absolute atomic E-state index is 11.9. The number of nitrogens with zero attached hydrogens (tertiary/aromatic N) is 1. The Kier molecular flexibility index (Phi) is 12.2. The number of nitrogens with one attached hydrogen (secondary N) is 1. The Morgan fingerprint density at radius 1 is 1.44 bits per heavy atom. The summed E-state index contributed by atoms with van der Waals surface area (Å²) >= 11 is 0. The van der Waals surface area contributed by atoms with E-state index in [1.807, 2.05) is 6.92 Å². The lowest BCUT2D eigenvalue weighted by molar-refractivity contribution is -0.137. The van der Waals surface area contributed by atoms with Crippen molar-refractivity contribution in [3.63, 3.8) is 0 Å². The van der Waals surface area contributed by atoms with E-state index in [-0.39, 0.29) is 43.3 Å². The number of halogens is 1. The van der Waals surface area contributed by atoms with E-state index in [9.17, 15) is 9.59 Å². The predicted octanol–water partition coefficient (Wildman–Crippen LogP) is -0.243. The first kappa shape index (κ1) is 19.5. The number of rotatable bonds is 8. The van der Waals surface area contributed by atoms with Crippen LogP contribution in [0.5, 0.6) is 0 Å². The van der Waals surface area contributed by atoms with E-state index in [2.05, 4.69) is 5.32 Å². The molecule has 0 bridgehead atoms. The van der Waals surface area contributed by atoms with Gasteiger partial charge in [0.2, 0.25) is 11.8 Å². The van der Waals surface area contributed by atoms with Crippen LogP contribution in [0.2, 0.25) is 0 Å². The lowest BCUT2D eigenvalue weighted by atomic mass is 10.2. The van der Waals surface area contributed by atoms with Gasteiger partial charge in [0.25, 0.3) is 0 Å². The Labute approximate surface area is 115 Å². The fraction of sp³-hybridized carbons (Fsp3) is 0.818. The van der Waals surface area contributed by atoms with E-state index in [0.29, 0.717) is 13.1 Å². The molecule has 0 rings (SSSR count). The van der Waals surface area contributed by atoms with Crippen molar-refractivity contribution in [1.82, 2.24) is 10.2 Å². The zero-order valence-electron chi connectivity index (χ0n) is 11.3. The summed E-state index contributed by atoms with van der Waals surface area (Å²) in [7, 11) is 3.07. The highest BCUT2D eigenvalue weighted by Gasteiger charge is 2.19. The van der Waals surface area contributed by atoms with Crippen molar-refractivity contribution in [2.75, 3.05) is 33.8 Å². The third-order valence-electron chi connectivity index (χ3n) is 2.46. The molecule has 0 aliphatic carbocycles. The first-order chi connectivity index (χ1) is 8.08. The molecule has 0 aromatic heterocycles. The molecule has 0 aromatic rings. The fourth-order valence-corrected chi connectivity index (χ4v) is 1.40. The lowest BCUT2D eigenvalue weighted by Crippen LogP contribution is -2.42. The quantitative estimate of drug-likeness (QED) is 0.643. The number of methoxy groups -OCH3 is 1. The zero-order valence-corrected chi connectivity index (χ0v) is 12.1. The number of hydrogen-bond acceptors (Lipinski definition) is 4. The van der Waals surface area contributed by atoms with Crippen LogP contribution >= 0.6 is 12.4 Å². The molecule has 7 heteroatoms. The van der Waals surface area contributed by atoms with E-state index >= 15 is 0 Å². The maximum atomic E-state index is 11.9. The van der Waals surface area contributed by atoms with Crippen molar-refractivity contribution in [3.8, 4) is 0 Å².